The molecule has 4 rings (SSSR count). The zero-order valence-electron chi connectivity index (χ0n) is 13.0. The van der Waals surface area contributed by atoms with Crippen molar-refractivity contribution in [3.8, 4) is 5.75 Å². The van der Waals surface area contributed by atoms with Gasteiger partial charge in [-0.05, 0) is 30.2 Å². The first-order chi connectivity index (χ1) is 11.5. The molecule has 7 heteroatoms. The summed E-state index contributed by atoms with van der Waals surface area (Å²) in [5.41, 5.74) is 1.39. The molecule has 1 unspecified atom stereocenters. The Morgan fingerprint density at radius 3 is 2.71 bits per heavy atom. The maximum atomic E-state index is 12.6. The Labute approximate surface area is 138 Å². The number of nitrogens with one attached hydrogen (secondary N) is 1. The van der Waals surface area contributed by atoms with Crippen LogP contribution < -0.4 is 10.1 Å². The third kappa shape index (κ3) is 2.54. The minimum Gasteiger partial charge on any atom is -0.490 e. The van der Waals surface area contributed by atoms with Gasteiger partial charge in [0.15, 0.2) is 0 Å². The number of hydrogen-bond acceptors (Lipinski definition) is 5. The molecule has 1 saturated carbocycles. The van der Waals surface area contributed by atoms with Crippen molar-refractivity contribution in [2.75, 3.05) is 0 Å². The van der Waals surface area contributed by atoms with Gasteiger partial charge in [-0.15, -0.1) is 0 Å². The number of piperidine rings is 1. The first kappa shape index (κ1) is 15.1. The van der Waals surface area contributed by atoms with Crippen molar-refractivity contribution in [3.63, 3.8) is 0 Å². The molecule has 2 aliphatic heterocycles. The topological polar surface area (TPSA) is 95.9 Å². The zero-order valence-corrected chi connectivity index (χ0v) is 13.0. The van der Waals surface area contributed by atoms with Gasteiger partial charge in [-0.3, -0.25) is 19.7 Å². The fourth-order valence-electron chi connectivity index (χ4n) is 3.45. The third-order valence-electron chi connectivity index (χ3n) is 4.87. The molecule has 2 fully saturated rings. The van der Waals surface area contributed by atoms with Crippen molar-refractivity contribution in [2.45, 2.75) is 50.5 Å². The predicted molar refractivity (Wildman–Crippen MR) is 82.1 cm³/mol. The summed E-state index contributed by atoms with van der Waals surface area (Å²) < 4.78 is 5.78. The van der Waals surface area contributed by atoms with Gasteiger partial charge in [-0.2, -0.15) is 0 Å². The van der Waals surface area contributed by atoms with Crippen LogP contribution in [0, 0.1) is 0 Å². The van der Waals surface area contributed by atoms with E-state index >= 15 is 0 Å². The van der Waals surface area contributed by atoms with Gasteiger partial charge in [0, 0.05) is 31.4 Å². The average Bonchev–Trinajstić information content (AvgIpc) is 2.82. The lowest BCUT2D eigenvalue weighted by atomic mass is 9.92. The summed E-state index contributed by atoms with van der Waals surface area (Å²) in [5, 5.41) is 11.6. The molecular formula is C17H18N2O5. The van der Waals surface area contributed by atoms with Gasteiger partial charge in [0.25, 0.3) is 5.91 Å². The second kappa shape index (κ2) is 5.59. The van der Waals surface area contributed by atoms with Crippen molar-refractivity contribution in [1.82, 2.24) is 10.2 Å². The second-order valence-electron chi connectivity index (χ2n) is 6.58. The summed E-state index contributed by atoms with van der Waals surface area (Å²) in [7, 11) is 0. The van der Waals surface area contributed by atoms with E-state index in [1.807, 2.05) is 6.07 Å². The number of rotatable bonds is 3. The minimum atomic E-state index is -0.603. The molecule has 0 aromatic heterocycles. The highest BCUT2D eigenvalue weighted by atomic mass is 16.5. The molecule has 1 aromatic rings. The standard InChI is InChI=1S/C17H18N2O5/c20-10-6-12(7-10)24-11-1-2-13-9(5-11)8-19(17(13)23)14-3-4-15(21)18-16(14)22/h1-2,5,10,12,14,20H,3-4,6-8H2,(H,18,21,22)/t10-,12-,14?. The van der Waals surface area contributed by atoms with E-state index in [1.165, 1.54) is 4.90 Å². The normalized spacial score (nSPS) is 29.1. The lowest BCUT2D eigenvalue weighted by Gasteiger charge is -2.31. The number of hydrogen-bond donors (Lipinski definition) is 2. The Morgan fingerprint density at radius 2 is 2.00 bits per heavy atom. The van der Waals surface area contributed by atoms with E-state index in [0.29, 0.717) is 37.1 Å². The van der Waals surface area contributed by atoms with E-state index in [2.05, 4.69) is 5.32 Å². The monoisotopic (exact) mass is 330 g/mol. The SMILES string of the molecule is O=C1CCC(N2Cc3cc(O[C@H]4C[C@H](O)C4)ccc3C2=O)C(=O)N1. The van der Waals surface area contributed by atoms with Crippen molar-refractivity contribution in [1.29, 1.82) is 0 Å². The van der Waals surface area contributed by atoms with Crippen molar-refractivity contribution >= 4 is 17.7 Å². The Morgan fingerprint density at radius 1 is 1.21 bits per heavy atom. The summed E-state index contributed by atoms with van der Waals surface area (Å²) in [6, 6.07) is 4.68. The maximum Gasteiger partial charge on any atom is 0.255 e. The molecule has 24 heavy (non-hydrogen) atoms. The number of imide groups is 1. The molecule has 0 radical (unpaired) electrons. The van der Waals surface area contributed by atoms with E-state index in [4.69, 9.17) is 4.74 Å². The summed E-state index contributed by atoms with van der Waals surface area (Å²) in [4.78, 5) is 37.3. The molecule has 2 N–H and O–H groups in total. The number of fused-ring (bicyclic) bond motifs is 1. The van der Waals surface area contributed by atoms with Crippen molar-refractivity contribution < 1.29 is 24.2 Å². The summed E-state index contributed by atoms with van der Waals surface area (Å²) in [6.07, 6.45) is 1.58. The van der Waals surface area contributed by atoms with Crippen LogP contribution in [0.25, 0.3) is 0 Å². The lowest BCUT2D eigenvalue weighted by Crippen LogP contribution is -2.52. The van der Waals surface area contributed by atoms with Gasteiger partial charge in [-0.1, -0.05) is 0 Å². The van der Waals surface area contributed by atoms with Gasteiger partial charge < -0.3 is 14.7 Å². The molecule has 1 atom stereocenters. The second-order valence-corrected chi connectivity index (χ2v) is 6.58. The van der Waals surface area contributed by atoms with Gasteiger partial charge >= 0.3 is 0 Å². The molecule has 1 aliphatic carbocycles. The molecule has 126 valence electrons. The molecule has 7 nitrogen and oxygen atoms in total. The highest BCUT2D eigenvalue weighted by Gasteiger charge is 2.39. The number of ether oxygens (including phenoxy) is 1. The molecule has 0 spiro atoms. The van der Waals surface area contributed by atoms with Gasteiger partial charge in [0.1, 0.15) is 17.9 Å². The van der Waals surface area contributed by atoms with Crippen LogP contribution in [-0.4, -0.2) is 46.0 Å². The zero-order chi connectivity index (χ0) is 16.8. The van der Waals surface area contributed by atoms with Crippen molar-refractivity contribution in [3.05, 3.63) is 29.3 Å². The van der Waals surface area contributed by atoms with Crippen LogP contribution in [0.4, 0.5) is 0 Å². The highest BCUT2D eigenvalue weighted by molar-refractivity contribution is 6.05. The Hall–Kier alpha value is -2.41. The minimum absolute atomic E-state index is 0.0152. The van der Waals surface area contributed by atoms with Crippen LogP contribution in [-0.2, 0) is 16.1 Å². The maximum absolute atomic E-state index is 12.6. The molecule has 1 aromatic carbocycles. The van der Waals surface area contributed by atoms with Crippen LogP contribution in [0.1, 0.15) is 41.6 Å². The number of carbonyl (C=O) groups is 3. The van der Waals surface area contributed by atoms with Crippen molar-refractivity contribution in [2.24, 2.45) is 0 Å². The molecule has 3 amide bonds. The quantitative estimate of drug-likeness (QED) is 0.780. The first-order valence-corrected chi connectivity index (χ1v) is 8.13. The van der Waals surface area contributed by atoms with Crippen LogP contribution in [0.15, 0.2) is 18.2 Å². The molecule has 3 aliphatic rings. The number of aliphatic hydroxyl groups excluding tert-OH is 1. The molecule has 2 heterocycles. The Bertz CT molecular complexity index is 726. The number of nitrogens with zero attached hydrogens (tertiary/aromatic N) is 1. The summed E-state index contributed by atoms with van der Waals surface area (Å²) in [6.45, 7) is 0.338. The predicted octanol–water partition coefficient (Wildman–Crippen LogP) is 0.350. The fourth-order valence-corrected chi connectivity index (χ4v) is 3.45. The molecular weight excluding hydrogens is 312 g/mol. The number of benzene rings is 1. The van der Waals surface area contributed by atoms with Crippen LogP contribution in [0.5, 0.6) is 5.75 Å². The van der Waals surface area contributed by atoms with E-state index in [9.17, 15) is 19.5 Å². The largest absolute Gasteiger partial charge is 0.490 e. The van der Waals surface area contributed by atoms with Crippen LogP contribution in [0.2, 0.25) is 0 Å². The number of aliphatic hydroxyl groups is 1. The van der Waals surface area contributed by atoms with E-state index < -0.39 is 11.9 Å². The van der Waals surface area contributed by atoms with E-state index in [-0.39, 0.29) is 30.4 Å². The molecule has 1 saturated heterocycles. The van der Waals surface area contributed by atoms with Gasteiger partial charge in [0.05, 0.1) is 6.10 Å². The summed E-state index contributed by atoms with van der Waals surface area (Å²) >= 11 is 0. The van der Waals surface area contributed by atoms with Gasteiger partial charge in [0.2, 0.25) is 11.8 Å². The Kier molecular flexibility index (Phi) is 3.53. The number of amides is 3. The first-order valence-electron chi connectivity index (χ1n) is 8.13. The van der Waals surface area contributed by atoms with E-state index in [0.717, 1.165) is 5.56 Å². The highest BCUT2D eigenvalue weighted by Crippen LogP contribution is 2.32. The summed E-state index contributed by atoms with van der Waals surface area (Å²) in [5.74, 6) is -0.222. The fraction of sp³-hybridized carbons (Fsp3) is 0.471. The Balaban J connectivity index is 1.49. The van der Waals surface area contributed by atoms with Crippen LogP contribution >= 0.6 is 0 Å². The average molecular weight is 330 g/mol. The number of carbonyl (C=O) groups excluding carboxylic acids is 3. The van der Waals surface area contributed by atoms with Gasteiger partial charge in [-0.25, -0.2) is 0 Å². The van der Waals surface area contributed by atoms with Crippen LogP contribution in [0.3, 0.4) is 0 Å². The third-order valence-corrected chi connectivity index (χ3v) is 4.87. The lowest BCUT2D eigenvalue weighted by molar-refractivity contribution is -0.136. The smallest absolute Gasteiger partial charge is 0.255 e. The molecule has 0 bridgehead atoms. The van der Waals surface area contributed by atoms with E-state index in [1.54, 1.807) is 12.1 Å².